The summed E-state index contributed by atoms with van der Waals surface area (Å²) in [5.41, 5.74) is 2.12. The Morgan fingerprint density at radius 2 is 2.11 bits per heavy atom. The molecule has 0 aliphatic heterocycles. The maximum absolute atomic E-state index is 11.9. The topological polar surface area (TPSA) is 58.5 Å². The van der Waals surface area contributed by atoms with Crippen LogP contribution in [0.4, 0.5) is 11.4 Å². The third kappa shape index (κ3) is 2.84. The fourth-order valence-corrected chi connectivity index (χ4v) is 2.29. The molecule has 1 fully saturated rings. The fourth-order valence-electron chi connectivity index (χ4n) is 2.29. The second-order valence-corrected chi connectivity index (χ2v) is 4.67. The van der Waals surface area contributed by atoms with Crippen molar-refractivity contribution < 1.29 is 9.59 Å². The molecular weight excluding hydrogens is 228 g/mol. The number of rotatable bonds is 3. The second-order valence-electron chi connectivity index (χ2n) is 4.67. The van der Waals surface area contributed by atoms with Gasteiger partial charge in [-0.05, 0) is 37.5 Å². The van der Waals surface area contributed by atoms with E-state index in [1.165, 1.54) is 6.08 Å². The first kappa shape index (κ1) is 12.5. The van der Waals surface area contributed by atoms with Crippen molar-refractivity contribution in [2.24, 2.45) is 10.9 Å². The van der Waals surface area contributed by atoms with Gasteiger partial charge in [0.05, 0.1) is 5.69 Å². The highest BCUT2D eigenvalue weighted by Crippen LogP contribution is 2.27. The molecule has 2 rings (SSSR count). The summed E-state index contributed by atoms with van der Waals surface area (Å²) in [5, 5.41) is 2.88. The summed E-state index contributed by atoms with van der Waals surface area (Å²) in [5.74, 6) is 0.196. The van der Waals surface area contributed by atoms with Crippen molar-refractivity contribution >= 4 is 23.4 Å². The fraction of sp³-hybridized carbons (Fsp3) is 0.429. The molecule has 0 saturated heterocycles. The zero-order chi connectivity index (χ0) is 13.0. The minimum Gasteiger partial charge on any atom is -0.326 e. The number of amides is 1. The number of nitrogens with zero attached hydrogens (tertiary/aromatic N) is 1. The smallest absolute Gasteiger partial charge is 0.240 e. The Hall–Kier alpha value is -1.93. The van der Waals surface area contributed by atoms with E-state index in [1.807, 2.05) is 19.1 Å². The Bertz CT molecular complexity index is 499. The highest BCUT2D eigenvalue weighted by molar-refractivity contribution is 5.93. The quantitative estimate of drug-likeness (QED) is 0.656. The molecular formula is C14H16N2O2. The first-order valence-corrected chi connectivity index (χ1v) is 6.20. The maximum Gasteiger partial charge on any atom is 0.240 e. The van der Waals surface area contributed by atoms with Crippen molar-refractivity contribution in [3.8, 4) is 0 Å². The van der Waals surface area contributed by atoms with Gasteiger partial charge < -0.3 is 5.32 Å². The van der Waals surface area contributed by atoms with Crippen molar-refractivity contribution in [2.75, 3.05) is 5.32 Å². The molecule has 1 aromatic rings. The Morgan fingerprint density at radius 3 is 2.78 bits per heavy atom. The van der Waals surface area contributed by atoms with Crippen LogP contribution in [0.15, 0.2) is 23.2 Å². The lowest BCUT2D eigenvalue weighted by molar-refractivity contribution is -0.119. The van der Waals surface area contributed by atoms with Gasteiger partial charge in [0.1, 0.15) is 0 Å². The van der Waals surface area contributed by atoms with E-state index in [1.54, 1.807) is 6.07 Å². The number of carbonyl (C=O) groups is 1. The molecule has 0 bridgehead atoms. The van der Waals surface area contributed by atoms with E-state index in [9.17, 15) is 9.59 Å². The van der Waals surface area contributed by atoms with Crippen molar-refractivity contribution in [3.05, 3.63) is 23.8 Å². The van der Waals surface area contributed by atoms with Gasteiger partial charge in [0, 0.05) is 11.6 Å². The molecule has 1 aromatic carbocycles. The van der Waals surface area contributed by atoms with Gasteiger partial charge in [0.15, 0.2) is 0 Å². The molecule has 0 radical (unpaired) electrons. The predicted octanol–water partition coefficient (Wildman–Crippen LogP) is 3.09. The molecule has 0 heterocycles. The Morgan fingerprint density at radius 1 is 1.39 bits per heavy atom. The van der Waals surface area contributed by atoms with Crippen LogP contribution in [-0.2, 0) is 9.59 Å². The molecule has 1 saturated carbocycles. The van der Waals surface area contributed by atoms with Crippen molar-refractivity contribution in [3.63, 3.8) is 0 Å². The molecule has 1 aliphatic carbocycles. The Balaban J connectivity index is 2.11. The number of aliphatic imine (C=N–C) groups is 1. The van der Waals surface area contributed by atoms with E-state index in [0.717, 1.165) is 31.2 Å². The first-order valence-electron chi connectivity index (χ1n) is 6.20. The average Bonchev–Trinajstić information content (AvgIpc) is 2.87. The molecule has 0 aromatic heterocycles. The van der Waals surface area contributed by atoms with Crippen LogP contribution in [0.2, 0.25) is 0 Å². The van der Waals surface area contributed by atoms with Crippen molar-refractivity contribution in [2.45, 2.75) is 32.6 Å². The third-order valence-electron chi connectivity index (χ3n) is 3.37. The number of nitrogens with one attached hydrogen (secondary N) is 1. The molecule has 0 unspecified atom stereocenters. The summed E-state index contributed by atoms with van der Waals surface area (Å²) >= 11 is 0. The largest absolute Gasteiger partial charge is 0.326 e. The zero-order valence-corrected chi connectivity index (χ0v) is 10.4. The van der Waals surface area contributed by atoms with E-state index in [-0.39, 0.29) is 11.8 Å². The van der Waals surface area contributed by atoms with Crippen LogP contribution in [0.1, 0.15) is 31.2 Å². The number of aryl methyl sites for hydroxylation is 1. The van der Waals surface area contributed by atoms with Crippen LogP contribution in [0.25, 0.3) is 0 Å². The molecule has 1 N–H and O–H groups in total. The maximum atomic E-state index is 11.9. The molecule has 0 spiro atoms. The van der Waals surface area contributed by atoms with Crippen LogP contribution in [0.5, 0.6) is 0 Å². The Labute approximate surface area is 106 Å². The highest BCUT2D eigenvalue weighted by atomic mass is 16.1. The van der Waals surface area contributed by atoms with E-state index in [0.29, 0.717) is 11.4 Å². The predicted molar refractivity (Wildman–Crippen MR) is 69.5 cm³/mol. The first-order chi connectivity index (χ1) is 8.70. The van der Waals surface area contributed by atoms with Crippen LogP contribution in [-0.4, -0.2) is 12.0 Å². The third-order valence-corrected chi connectivity index (χ3v) is 3.37. The number of carbonyl (C=O) groups excluding carboxylic acids is 2. The number of isocyanates is 1. The number of benzene rings is 1. The van der Waals surface area contributed by atoms with Gasteiger partial charge in [-0.2, -0.15) is 4.99 Å². The van der Waals surface area contributed by atoms with E-state index in [2.05, 4.69) is 10.3 Å². The lowest BCUT2D eigenvalue weighted by atomic mass is 10.1. The van der Waals surface area contributed by atoms with Crippen LogP contribution < -0.4 is 5.32 Å². The van der Waals surface area contributed by atoms with Crippen molar-refractivity contribution in [1.29, 1.82) is 0 Å². The average molecular weight is 244 g/mol. The van der Waals surface area contributed by atoms with Gasteiger partial charge in [0.2, 0.25) is 12.0 Å². The summed E-state index contributed by atoms with van der Waals surface area (Å²) in [4.78, 5) is 25.9. The molecule has 18 heavy (non-hydrogen) atoms. The standard InChI is InChI=1S/C14H16N2O2/c1-10-6-7-12(8-13(10)15-9-17)16-14(18)11-4-2-3-5-11/h6-8,11H,2-5H2,1H3,(H,16,18). The summed E-state index contributed by atoms with van der Waals surface area (Å²) < 4.78 is 0. The summed E-state index contributed by atoms with van der Waals surface area (Å²) in [6.07, 6.45) is 5.72. The molecule has 1 aliphatic rings. The lowest BCUT2D eigenvalue weighted by Gasteiger charge is -2.11. The lowest BCUT2D eigenvalue weighted by Crippen LogP contribution is -2.20. The zero-order valence-electron chi connectivity index (χ0n) is 10.4. The van der Waals surface area contributed by atoms with Gasteiger partial charge in [-0.15, -0.1) is 0 Å². The molecule has 0 atom stereocenters. The molecule has 4 heteroatoms. The number of anilines is 1. The van der Waals surface area contributed by atoms with Gasteiger partial charge in [-0.25, -0.2) is 4.79 Å². The highest BCUT2D eigenvalue weighted by Gasteiger charge is 2.22. The number of hydrogen-bond donors (Lipinski definition) is 1. The molecule has 94 valence electrons. The number of hydrogen-bond acceptors (Lipinski definition) is 3. The normalized spacial score (nSPS) is 15.2. The molecule has 1 amide bonds. The summed E-state index contributed by atoms with van der Waals surface area (Å²) in [6.45, 7) is 1.86. The molecule has 4 nitrogen and oxygen atoms in total. The van der Waals surface area contributed by atoms with E-state index in [4.69, 9.17) is 0 Å². The summed E-state index contributed by atoms with van der Waals surface area (Å²) in [6, 6.07) is 5.36. The SMILES string of the molecule is Cc1ccc(NC(=O)C2CCCC2)cc1N=C=O. The summed E-state index contributed by atoms with van der Waals surface area (Å²) in [7, 11) is 0. The van der Waals surface area contributed by atoms with Crippen LogP contribution in [0.3, 0.4) is 0 Å². The van der Waals surface area contributed by atoms with E-state index < -0.39 is 0 Å². The minimum atomic E-state index is 0.0670. The van der Waals surface area contributed by atoms with E-state index >= 15 is 0 Å². The second kappa shape index (κ2) is 5.61. The monoisotopic (exact) mass is 244 g/mol. The van der Waals surface area contributed by atoms with Gasteiger partial charge in [0.25, 0.3) is 0 Å². The van der Waals surface area contributed by atoms with Crippen molar-refractivity contribution in [1.82, 2.24) is 0 Å². The van der Waals surface area contributed by atoms with Crippen LogP contribution >= 0.6 is 0 Å². The van der Waals surface area contributed by atoms with Gasteiger partial charge in [-0.1, -0.05) is 18.9 Å². The minimum absolute atomic E-state index is 0.0670. The van der Waals surface area contributed by atoms with Gasteiger partial charge in [-0.3, -0.25) is 4.79 Å². The Kier molecular flexibility index (Phi) is 3.90. The van der Waals surface area contributed by atoms with Gasteiger partial charge >= 0.3 is 0 Å². The van der Waals surface area contributed by atoms with Crippen LogP contribution in [0, 0.1) is 12.8 Å².